The Kier molecular flexibility index (Phi) is 3.83. The van der Waals surface area contributed by atoms with Gasteiger partial charge in [0, 0.05) is 11.3 Å². The smallest absolute Gasteiger partial charge is 0.273 e. The third-order valence-electron chi connectivity index (χ3n) is 3.40. The van der Waals surface area contributed by atoms with Crippen LogP contribution in [0.2, 0.25) is 0 Å². The number of nitrogens with one attached hydrogen (secondary N) is 1. The highest BCUT2D eigenvalue weighted by Crippen LogP contribution is 2.16. The summed E-state index contributed by atoms with van der Waals surface area (Å²) in [6.45, 7) is 0. The fraction of sp³-hybridized carbons (Fsp3) is 0. The summed E-state index contributed by atoms with van der Waals surface area (Å²) >= 11 is 0. The summed E-state index contributed by atoms with van der Waals surface area (Å²) < 4.78 is 0. The van der Waals surface area contributed by atoms with E-state index in [1.807, 2.05) is 42.5 Å². The van der Waals surface area contributed by atoms with Crippen molar-refractivity contribution in [1.82, 2.24) is 5.43 Å². The lowest BCUT2D eigenvalue weighted by Gasteiger charge is -2.04. The van der Waals surface area contributed by atoms with Crippen molar-refractivity contribution < 1.29 is 4.79 Å². The number of para-hydroxylation sites is 1. The molecule has 0 atom stereocenters. The summed E-state index contributed by atoms with van der Waals surface area (Å²) in [4.78, 5) is 12.0. The van der Waals surface area contributed by atoms with Gasteiger partial charge in [0.1, 0.15) is 0 Å². The lowest BCUT2D eigenvalue weighted by atomic mass is 10.1. The zero-order valence-electron chi connectivity index (χ0n) is 11.9. The minimum atomic E-state index is -0.324. The van der Waals surface area contributed by atoms with Crippen LogP contribution in [0.5, 0.6) is 0 Å². The highest BCUT2D eigenvalue weighted by molar-refractivity contribution is 6.02. The lowest BCUT2D eigenvalue weighted by molar-refractivity contribution is 0.0956. The van der Waals surface area contributed by atoms with Gasteiger partial charge in [0.05, 0.1) is 11.8 Å². The monoisotopic (exact) mass is 289 g/mol. The van der Waals surface area contributed by atoms with Crippen LogP contribution < -0.4 is 11.2 Å². The van der Waals surface area contributed by atoms with Gasteiger partial charge in [-0.3, -0.25) is 4.79 Å². The number of nitrogens with two attached hydrogens (primary N) is 1. The summed E-state index contributed by atoms with van der Waals surface area (Å²) in [7, 11) is 0. The molecule has 0 aliphatic rings. The molecule has 108 valence electrons. The van der Waals surface area contributed by atoms with E-state index in [0.29, 0.717) is 11.3 Å². The maximum absolute atomic E-state index is 12.0. The van der Waals surface area contributed by atoms with Gasteiger partial charge >= 0.3 is 0 Å². The fourth-order valence-corrected chi connectivity index (χ4v) is 2.29. The molecular weight excluding hydrogens is 274 g/mol. The highest BCUT2D eigenvalue weighted by atomic mass is 16.2. The summed E-state index contributed by atoms with van der Waals surface area (Å²) in [5, 5.41) is 6.24. The van der Waals surface area contributed by atoms with E-state index < -0.39 is 0 Å². The Bertz CT molecular complexity index is 850. The molecular formula is C18H15N3O. The quantitative estimate of drug-likeness (QED) is 0.442. The molecule has 0 aromatic heterocycles. The minimum absolute atomic E-state index is 0.324. The Morgan fingerprint density at radius 2 is 1.68 bits per heavy atom. The van der Waals surface area contributed by atoms with E-state index in [4.69, 9.17) is 5.73 Å². The number of nitrogens with zero attached hydrogens (tertiary/aromatic N) is 1. The molecule has 1 amide bonds. The second-order valence-electron chi connectivity index (χ2n) is 4.85. The number of rotatable bonds is 3. The van der Waals surface area contributed by atoms with Crippen LogP contribution in [0.1, 0.15) is 15.9 Å². The first-order valence-electron chi connectivity index (χ1n) is 6.91. The molecule has 0 spiro atoms. The van der Waals surface area contributed by atoms with Crippen molar-refractivity contribution in [1.29, 1.82) is 0 Å². The summed E-state index contributed by atoms with van der Waals surface area (Å²) in [5.74, 6) is -0.324. The Balaban J connectivity index is 1.80. The fourth-order valence-electron chi connectivity index (χ4n) is 2.29. The van der Waals surface area contributed by atoms with Crippen LogP contribution in [0.4, 0.5) is 5.69 Å². The number of anilines is 1. The van der Waals surface area contributed by atoms with Gasteiger partial charge in [-0.25, -0.2) is 5.43 Å². The molecule has 0 aliphatic heterocycles. The van der Waals surface area contributed by atoms with Crippen molar-refractivity contribution in [2.45, 2.75) is 0 Å². The van der Waals surface area contributed by atoms with E-state index in [2.05, 4.69) is 10.5 Å². The molecule has 4 nitrogen and oxygen atoms in total. The summed E-state index contributed by atoms with van der Waals surface area (Å²) in [6, 6.07) is 20.9. The highest BCUT2D eigenvalue weighted by Gasteiger charge is 2.07. The second kappa shape index (κ2) is 6.10. The SMILES string of the molecule is Nc1ccccc1C(=O)N/N=C/c1cccc2ccccc12. The van der Waals surface area contributed by atoms with Crippen molar-refractivity contribution in [3.05, 3.63) is 77.9 Å². The number of carbonyl (C=O) groups excluding carboxylic acids is 1. The zero-order chi connectivity index (χ0) is 15.4. The average molecular weight is 289 g/mol. The molecule has 0 radical (unpaired) electrons. The van der Waals surface area contributed by atoms with E-state index in [-0.39, 0.29) is 5.91 Å². The maximum atomic E-state index is 12.0. The number of nitrogen functional groups attached to an aromatic ring is 1. The van der Waals surface area contributed by atoms with E-state index >= 15 is 0 Å². The predicted molar refractivity (Wildman–Crippen MR) is 89.9 cm³/mol. The normalized spacial score (nSPS) is 10.9. The van der Waals surface area contributed by atoms with Crippen LogP contribution in [-0.2, 0) is 0 Å². The molecule has 0 saturated heterocycles. The lowest BCUT2D eigenvalue weighted by Crippen LogP contribution is -2.19. The van der Waals surface area contributed by atoms with Crippen LogP contribution in [0, 0.1) is 0 Å². The van der Waals surface area contributed by atoms with Crippen LogP contribution in [0.3, 0.4) is 0 Å². The minimum Gasteiger partial charge on any atom is -0.398 e. The van der Waals surface area contributed by atoms with Crippen LogP contribution in [0.15, 0.2) is 71.8 Å². The molecule has 4 heteroatoms. The molecule has 3 aromatic rings. The molecule has 0 unspecified atom stereocenters. The number of amides is 1. The third kappa shape index (κ3) is 2.81. The van der Waals surface area contributed by atoms with Gasteiger partial charge in [-0.2, -0.15) is 5.10 Å². The van der Waals surface area contributed by atoms with Gasteiger partial charge in [0.15, 0.2) is 0 Å². The number of hydrogen-bond acceptors (Lipinski definition) is 3. The molecule has 0 saturated carbocycles. The zero-order valence-corrected chi connectivity index (χ0v) is 11.9. The second-order valence-corrected chi connectivity index (χ2v) is 4.85. The first-order valence-corrected chi connectivity index (χ1v) is 6.91. The van der Waals surface area contributed by atoms with E-state index in [1.54, 1.807) is 30.5 Å². The summed E-state index contributed by atoms with van der Waals surface area (Å²) in [5.41, 5.74) is 10.1. The number of benzene rings is 3. The molecule has 0 fully saturated rings. The standard InChI is InChI=1S/C18H15N3O/c19-17-11-4-3-10-16(17)18(22)21-20-12-14-8-5-7-13-6-1-2-9-15(13)14/h1-12H,19H2,(H,21,22)/b20-12+. The Hall–Kier alpha value is -3.14. The van der Waals surface area contributed by atoms with Crippen LogP contribution in [-0.4, -0.2) is 12.1 Å². The van der Waals surface area contributed by atoms with Gasteiger partial charge in [-0.05, 0) is 22.9 Å². The largest absolute Gasteiger partial charge is 0.398 e. The first-order chi connectivity index (χ1) is 10.8. The van der Waals surface area contributed by atoms with Crippen molar-refractivity contribution in [3.8, 4) is 0 Å². The molecule has 0 aliphatic carbocycles. The maximum Gasteiger partial charge on any atom is 0.273 e. The van der Waals surface area contributed by atoms with Crippen molar-refractivity contribution in [2.75, 3.05) is 5.73 Å². The van der Waals surface area contributed by atoms with E-state index in [9.17, 15) is 4.79 Å². The molecule has 22 heavy (non-hydrogen) atoms. The molecule has 3 N–H and O–H groups in total. The Morgan fingerprint density at radius 3 is 2.55 bits per heavy atom. The summed E-state index contributed by atoms with van der Waals surface area (Å²) in [6.07, 6.45) is 1.64. The van der Waals surface area contributed by atoms with Crippen molar-refractivity contribution in [3.63, 3.8) is 0 Å². The number of fused-ring (bicyclic) bond motifs is 1. The predicted octanol–water partition coefficient (Wildman–Crippen LogP) is 3.19. The number of hydrogen-bond donors (Lipinski definition) is 2. The molecule has 0 bridgehead atoms. The first kappa shape index (κ1) is 13.8. The average Bonchev–Trinajstić information content (AvgIpc) is 2.55. The molecule has 3 rings (SSSR count). The Morgan fingerprint density at radius 1 is 0.955 bits per heavy atom. The van der Waals surface area contributed by atoms with Gasteiger partial charge in [-0.1, -0.05) is 54.6 Å². The Labute approximate surface area is 128 Å². The number of carbonyl (C=O) groups is 1. The van der Waals surface area contributed by atoms with Gasteiger partial charge in [0.25, 0.3) is 5.91 Å². The van der Waals surface area contributed by atoms with Crippen LogP contribution in [0.25, 0.3) is 10.8 Å². The third-order valence-corrected chi connectivity index (χ3v) is 3.40. The van der Waals surface area contributed by atoms with Gasteiger partial charge in [0.2, 0.25) is 0 Å². The van der Waals surface area contributed by atoms with Gasteiger partial charge < -0.3 is 5.73 Å². The van der Waals surface area contributed by atoms with Crippen molar-refractivity contribution >= 4 is 28.6 Å². The topological polar surface area (TPSA) is 67.5 Å². The van der Waals surface area contributed by atoms with E-state index in [0.717, 1.165) is 16.3 Å². The van der Waals surface area contributed by atoms with Gasteiger partial charge in [-0.15, -0.1) is 0 Å². The van der Waals surface area contributed by atoms with E-state index in [1.165, 1.54) is 0 Å². The molecule has 0 heterocycles. The number of hydrazone groups is 1. The molecule has 3 aromatic carbocycles. The van der Waals surface area contributed by atoms with Crippen LogP contribution >= 0.6 is 0 Å². The van der Waals surface area contributed by atoms with Crippen molar-refractivity contribution in [2.24, 2.45) is 5.10 Å².